The van der Waals surface area contributed by atoms with Crippen LogP contribution < -0.4 is 5.32 Å². The Labute approximate surface area is 123 Å². The Morgan fingerprint density at radius 3 is 2.72 bits per heavy atom. The van der Waals surface area contributed by atoms with Crippen LogP contribution in [0.4, 0.5) is 0 Å². The van der Waals surface area contributed by atoms with Crippen LogP contribution in [0.15, 0.2) is 18.2 Å². The van der Waals surface area contributed by atoms with Gasteiger partial charge in [-0.25, -0.2) is 0 Å². The highest BCUT2D eigenvalue weighted by atomic mass is 35.5. The minimum absolute atomic E-state index is 0.602. The molecule has 0 aliphatic heterocycles. The molecular weight excluding hydrogens is 289 g/mol. The Morgan fingerprint density at radius 2 is 2.11 bits per heavy atom. The Morgan fingerprint density at radius 1 is 1.39 bits per heavy atom. The predicted molar refractivity (Wildman–Crippen MR) is 81.8 cm³/mol. The molecule has 0 fully saturated rings. The average molecular weight is 308 g/mol. The van der Waals surface area contributed by atoms with E-state index in [1.54, 1.807) is 17.8 Å². The third-order valence-electron chi connectivity index (χ3n) is 2.44. The predicted octanol–water partition coefficient (Wildman–Crippen LogP) is 3.59. The molecule has 0 aromatic heterocycles. The summed E-state index contributed by atoms with van der Waals surface area (Å²) in [7, 11) is 0. The van der Waals surface area contributed by atoms with Gasteiger partial charge in [-0.1, -0.05) is 36.2 Å². The zero-order valence-electron chi connectivity index (χ0n) is 10.7. The molecule has 0 amide bonds. The highest BCUT2D eigenvalue weighted by molar-refractivity contribution is 7.98. The number of aliphatic hydroxyl groups is 1. The molecule has 102 valence electrons. The van der Waals surface area contributed by atoms with E-state index in [0.717, 1.165) is 17.9 Å². The second kappa shape index (κ2) is 7.61. The SMILES string of the molecule is CCNCC(C)(O)CSCc1ccc(Cl)cc1Cl. The Balaban J connectivity index is 2.41. The lowest BCUT2D eigenvalue weighted by atomic mass is 10.1. The van der Waals surface area contributed by atoms with E-state index in [9.17, 15) is 5.11 Å². The molecule has 0 saturated heterocycles. The van der Waals surface area contributed by atoms with Gasteiger partial charge >= 0.3 is 0 Å². The van der Waals surface area contributed by atoms with Gasteiger partial charge in [-0.2, -0.15) is 11.8 Å². The van der Waals surface area contributed by atoms with E-state index >= 15 is 0 Å². The van der Waals surface area contributed by atoms with Gasteiger partial charge in [-0.05, 0) is 31.2 Å². The fourth-order valence-corrected chi connectivity index (χ4v) is 3.13. The van der Waals surface area contributed by atoms with Crippen molar-refractivity contribution in [2.45, 2.75) is 25.2 Å². The molecule has 1 aromatic rings. The summed E-state index contributed by atoms with van der Waals surface area (Å²) >= 11 is 13.6. The second-order valence-electron chi connectivity index (χ2n) is 4.51. The minimum atomic E-state index is -0.695. The monoisotopic (exact) mass is 307 g/mol. The first kappa shape index (κ1) is 16.1. The van der Waals surface area contributed by atoms with Crippen molar-refractivity contribution in [1.82, 2.24) is 5.32 Å². The quantitative estimate of drug-likeness (QED) is 0.807. The lowest BCUT2D eigenvalue weighted by Gasteiger charge is -2.23. The Bertz CT molecular complexity index is 385. The van der Waals surface area contributed by atoms with E-state index in [0.29, 0.717) is 22.3 Å². The molecule has 1 unspecified atom stereocenters. The molecule has 0 bridgehead atoms. The zero-order valence-corrected chi connectivity index (χ0v) is 13.0. The third kappa shape index (κ3) is 5.81. The lowest BCUT2D eigenvalue weighted by Crippen LogP contribution is -2.39. The fraction of sp³-hybridized carbons (Fsp3) is 0.538. The smallest absolute Gasteiger partial charge is 0.0833 e. The molecule has 2 N–H and O–H groups in total. The van der Waals surface area contributed by atoms with Crippen LogP contribution in [0.2, 0.25) is 10.0 Å². The Kier molecular flexibility index (Phi) is 6.82. The average Bonchev–Trinajstić information content (AvgIpc) is 2.29. The van der Waals surface area contributed by atoms with E-state index in [4.69, 9.17) is 23.2 Å². The number of halogens is 2. The van der Waals surface area contributed by atoms with E-state index in [1.807, 2.05) is 26.0 Å². The molecule has 1 atom stereocenters. The van der Waals surface area contributed by atoms with Crippen LogP contribution >= 0.6 is 35.0 Å². The molecule has 5 heteroatoms. The van der Waals surface area contributed by atoms with E-state index in [2.05, 4.69) is 5.32 Å². The summed E-state index contributed by atoms with van der Waals surface area (Å²) < 4.78 is 0. The molecule has 0 heterocycles. The summed E-state index contributed by atoms with van der Waals surface area (Å²) in [4.78, 5) is 0. The number of likely N-dealkylation sites (N-methyl/N-ethyl adjacent to an activating group) is 1. The van der Waals surface area contributed by atoms with Crippen LogP contribution in [0.25, 0.3) is 0 Å². The summed E-state index contributed by atoms with van der Waals surface area (Å²) in [6.45, 7) is 5.33. The first-order chi connectivity index (χ1) is 8.44. The molecule has 1 aromatic carbocycles. The summed E-state index contributed by atoms with van der Waals surface area (Å²) in [5, 5.41) is 14.6. The van der Waals surface area contributed by atoms with Crippen molar-refractivity contribution in [3.63, 3.8) is 0 Å². The van der Waals surface area contributed by atoms with Gasteiger partial charge < -0.3 is 10.4 Å². The van der Waals surface area contributed by atoms with Gasteiger partial charge in [0.2, 0.25) is 0 Å². The van der Waals surface area contributed by atoms with E-state index in [1.165, 1.54) is 0 Å². The van der Waals surface area contributed by atoms with E-state index in [-0.39, 0.29) is 0 Å². The number of hydrogen-bond donors (Lipinski definition) is 2. The molecule has 0 aliphatic rings. The van der Waals surface area contributed by atoms with Crippen molar-refractivity contribution in [2.24, 2.45) is 0 Å². The summed E-state index contributed by atoms with van der Waals surface area (Å²) in [6, 6.07) is 5.51. The number of thioether (sulfide) groups is 1. The number of benzene rings is 1. The van der Waals surface area contributed by atoms with E-state index < -0.39 is 5.60 Å². The first-order valence-corrected chi connectivity index (χ1v) is 7.80. The summed E-state index contributed by atoms with van der Waals surface area (Å²) in [5.41, 5.74) is 0.352. The van der Waals surface area contributed by atoms with Crippen LogP contribution in [0.5, 0.6) is 0 Å². The molecule has 1 rings (SSSR count). The van der Waals surface area contributed by atoms with Gasteiger partial charge in [0, 0.05) is 28.1 Å². The van der Waals surface area contributed by atoms with Gasteiger partial charge in [-0.15, -0.1) is 0 Å². The molecule has 18 heavy (non-hydrogen) atoms. The van der Waals surface area contributed by atoms with Crippen molar-refractivity contribution in [1.29, 1.82) is 0 Å². The molecule has 0 radical (unpaired) electrons. The van der Waals surface area contributed by atoms with Crippen molar-refractivity contribution in [3.05, 3.63) is 33.8 Å². The first-order valence-electron chi connectivity index (χ1n) is 5.89. The van der Waals surface area contributed by atoms with Crippen molar-refractivity contribution in [3.8, 4) is 0 Å². The molecular formula is C13H19Cl2NOS. The molecule has 2 nitrogen and oxygen atoms in total. The summed E-state index contributed by atoms with van der Waals surface area (Å²) in [5.74, 6) is 1.44. The normalized spacial score (nSPS) is 14.5. The number of hydrogen-bond acceptors (Lipinski definition) is 3. The molecule has 0 spiro atoms. The maximum absolute atomic E-state index is 10.1. The van der Waals surface area contributed by atoms with Gasteiger partial charge in [0.05, 0.1) is 5.60 Å². The standard InChI is InChI=1S/C13H19Cl2NOS/c1-3-16-8-13(2,17)9-18-7-10-4-5-11(14)6-12(10)15/h4-6,16-17H,3,7-9H2,1-2H3. The Hall–Kier alpha value is 0.0700. The van der Waals surface area contributed by atoms with Gasteiger partial charge in [0.15, 0.2) is 0 Å². The van der Waals surface area contributed by atoms with Crippen LogP contribution in [0.1, 0.15) is 19.4 Å². The largest absolute Gasteiger partial charge is 0.388 e. The molecule has 0 aliphatic carbocycles. The van der Waals surface area contributed by atoms with Crippen LogP contribution in [0.3, 0.4) is 0 Å². The van der Waals surface area contributed by atoms with Crippen LogP contribution in [0, 0.1) is 0 Å². The van der Waals surface area contributed by atoms with Gasteiger partial charge in [0.1, 0.15) is 0 Å². The maximum Gasteiger partial charge on any atom is 0.0833 e. The third-order valence-corrected chi connectivity index (χ3v) is 4.37. The number of rotatable bonds is 7. The van der Waals surface area contributed by atoms with Crippen LogP contribution in [-0.2, 0) is 5.75 Å². The second-order valence-corrected chi connectivity index (χ2v) is 6.34. The van der Waals surface area contributed by atoms with Crippen molar-refractivity contribution in [2.75, 3.05) is 18.8 Å². The van der Waals surface area contributed by atoms with Gasteiger partial charge in [-0.3, -0.25) is 0 Å². The highest BCUT2D eigenvalue weighted by Gasteiger charge is 2.19. The van der Waals surface area contributed by atoms with Crippen molar-refractivity contribution >= 4 is 35.0 Å². The lowest BCUT2D eigenvalue weighted by molar-refractivity contribution is 0.0855. The van der Waals surface area contributed by atoms with Crippen LogP contribution in [-0.4, -0.2) is 29.5 Å². The zero-order chi connectivity index (χ0) is 13.6. The number of nitrogens with one attached hydrogen (secondary N) is 1. The van der Waals surface area contributed by atoms with Gasteiger partial charge in [0.25, 0.3) is 0 Å². The summed E-state index contributed by atoms with van der Waals surface area (Å²) in [6.07, 6.45) is 0. The maximum atomic E-state index is 10.1. The topological polar surface area (TPSA) is 32.3 Å². The van der Waals surface area contributed by atoms with Crippen molar-refractivity contribution < 1.29 is 5.11 Å². The minimum Gasteiger partial charge on any atom is -0.388 e. The molecule has 0 saturated carbocycles. The highest BCUT2D eigenvalue weighted by Crippen LogP contribution is 2.26. The fourth-order valence-electron chi connectivity index (χ4n) is 1.46.